The van der Waals surface area contributed by atoms with Crippen LogP contribution in [0.2, 0.25) is 0 Å². The Morgan fingerprint density at radius 2 is 1.81 bits per heavy atom. The number of nitrogens with two attached hydrogens (primary N) is 1. The quantitative estimate of drug-likeness (QED) is 0.705. The Kier molecular flexibility index (Phi) is 4.26. The fourth-order valence-corrected chi connectivity index (χ4v) is 3.07. The molecule has 0 aliphatic heterocycles. The van der Waals surface area contributed by atoms with Gasteiger partial charge in [0.15, 0.2) is 0 Å². The molecule has 0 aromatic heterocycles. The molecule has 0 radical (unpaired) electrons. The van der Waals surface area contributed by atoms with Gasteiger partial charge in [0.05, 0.1) is 0 Å². The zero-order valence-corrected chi connectivity index (χ0v) is 10.8. The highest BCUT2D eigenvalue weighted by Crippen LogP contribution is 2.36. The summed E-state index contributed by atoms with van der Waals surface area (Å²) in [5, 5.41) is 3.82. The van der Waals surface area contributed by atoms with Crippen LogP contribution in [-0.4, -0.2) is 18.6 Å². The summed E-state index contributed by atoms with van der Waals surface area (Å²) < 4.78 is 0. The van der Waals surface area contributed by atoms with Crippen molar-refractivity contribution in [1.29, 1.82) is 0 Å². The molecule has 94 valence electrons. The van der Waals surface area contributed by atoms with Gasteiger partial charge in [-0.15, -0.1) is 0 Å². The average Bonchev–Trinajstić information content (AvgIpc) is 3.13. The predicted molar refractivity (Wildman–Crippen MR) is 69.4 cm³/mol. The van der Waals surface area contributed by atoms with E-state index in [1.807, 2.05) is 0 Å². The Bertz CT molecular complexity index is 203. The van der Waals surface area contributed by atoms with E-state index in [0.717, 1.165) is 18.4 Å². The van der Waals surface area contributed by atoms with Crippen LogP contribution in [0.4, 0.5) is 0 Å². The third kappa shape index (κ3) is 3.21. The maximum Gasteiger partial charge on any atom is 0.0304 e. The zero-order valence-electron chi connectivity index (χ0n) is 10.8. The van der Waals surface area contributed by atoms with Crippen molar-refractivity contribution in [1.82, 2.24) is 5.32 Å². The van der Waals surface area contributed by atoms with Crippen LogP contribution < -0.4 is 11.1 Å². The molecule has 2 saturated carbocycles. The summed E-state index contributed by atoms with van der Waals surface area (Å²) in [5.41, 5.74) is 6.30. The van der Waals surface area contributed by atoms with Crippen LogP contribution in [0.25, 0.3) is 0 Å². The van der Waals surface area contributed by atoms with Crippen LogP contribution in [0.3, 0.4) is 0 Å². The summed E-state index contributed by atoms with van der Waals surface area (Å²) in [7, 11) is 0. The van der Waals surface area contributed by atoms with Crippen molar-refractivity contribution >= 4 is 0 Å². The maximum atomic E-state index is 6.02. The predicted octanol–water partition coefficient (Wildman–Crippen LogP) is 2.67. The third-order valence-corrected chi connectivity index (χ3v) is 4.68. The van der Waals surface area contributed by atoms with Crippen molar-refractivity contribution in [3.63, 3.8) is 0 Å². The summed E-state index contributed by atoms with van der Waals surface area (Å²) in [6, 6.07) is 0. The van der Waals surface area contributed by atoms with Crippen LogP contribution in [0, 0.1) is 11.8 Å². The Balaban J connectivity index is 1.81. The van der Waals surface area contributed by atoms with Gasteiger partial charge < -0.3 is 11.1 Å². The molecule has 2 heteroatoms. The molecular formula is C14H28N2. The van der Waals surface area contributed by atoms with E-state index in [4.69, 9.17) is 5.73 Å². The summed E-state index contributed by atoms with van der Waals surface area (Å²) in [5.74, 6) is 1.86. The van der Waals surface area contributed by atoms with Crippen molar-refractivity contribution in [2.24, 2.45) is 17.6 Å². The largest absolute Gasteiger partial charge is 0.329 e. The second kappa shape index (κ2) is 5.50. The first kappa shape index (κ1) is 12.4. The monoisotopic (exact) mass is 224 g/mol. The summed E-state index contributed by atoms with van der Waals surface area (Å²) >= 11 is 0. The van der Waals surface area contributed by atoms with Crippen LogP contribution in [0.5, 0.6) is 0 Å². The molecule has 0 spiro atoms. The molecular weight excluding hydrogens is 196 g/mol. The summed E-state index contributed by atoms with van der Waals surface area (Å²) in [6.45, 7) is 4.40. The third-order valence-electron chi connectivity index (χ3n) is 4.68. The molecule has 0 aromatic carbocycles. The van der Waals surface area contributed by atoms with Crippen LogP contribution in [0.1, 0.15) is 58.3 Å². The van der Waals surface area contributed by atoms with Gasteiger partial charge in [0.25, 0.3) is 0 Å². The SMILES string of the molecule is CC(CNC1(CN)CCCCCC1)C1CC1. The fourth-order valence-electron chi connectivity index (χ4n) is 3.07. The first-order chi connectivity index (χ1) is 7.76. The van der Waals surface area contributed by atoms with Gasteiger partial charge in [-0.2, -0.15) is 0 Å². The lowest BCUT2D eigenvalue weighted by Crippen LogP contribution is -2.52. The Hall–Kier alpha value is -0.0800. The summed E-state index contributed by atoms with van der Waals surface area (Å²) in [4.78, 5) is 0. The number of nitrogens with one attached hydrogen (secondary N) is 1. The second-order valence-corrected chi connectivity index (χ2v) is 6.09. The van der Waals surface area contributed by atoms with Gasteiger partial charge in [-0.25, -0.2) is 0 Å². The molecule has 2 fully saturated rings. The van der Waals surface area contributed by atoms with Crippen molar-refractivity contribution in [3.8, 4) is 0 Å². The van der Waals surface area contributed by atoms with Crippen molar-refractivity contribution < 1.29 is 0 Å². The lowest BCUT2D eigenvalue weighted by molar-refractivity contribution is 0.269. The van der Waals surface area contributed by atoms with Gasteiger partial charge >= 0.3 is 0 Å². The summed E-state index contributed by atoms with van der Waals surface area (Å²) in [6.07, 6.45) is 11.0. The highest BCUT2D eigenvalue weighted by Gasteiger charge is 2.32. The maximum absolute atomic E-state index is 6.02. The van der Waals surface area contributed by atoms with Gasteiger partial charge in [0.1, 0.15) is 0 Å². The Morgan fingerprint density at radius 1 is 1.19 bits per heavy atom. The Morgan fingerprint density at radius 3 is 2.31 bits per heavy atom. The van der Waals surface area contributed by atoms with E-state index in [0.29, 0.717) is 0 Å². The molecule has 2 aliphatic carbocycles. The first-order valence-electron chi connectivity index (χ1n) is 7.21. The van der Waals surface area contributed by atoms with Crippen LogP contribution in [0.15, 0.2) is 0 Å². The second-order valence-electron chi connectivity index (χ2n) is 6.09. The van der Waals surface area contributed by atoms with Crippen molar-refractivity contribution in [2.45, 2.75) is 63.8 Å². The average molecular weight is 224 g/mol. The molecule has 1 atom stereocenters. The smallest absolute Gasteiger partial charge is 0.0304 e. The minimum atomic E-state index is 0.277. The molecule has 3 N–H and O–H groups in total. The van der Waals surface area contributed by atoms with Crippen molar-refractivity contribution in [3.05, 3.63) is 0 Å². The molecule has 0 amide bonds. The number of rotatable bonds is 5. The fraction of sp³-hybridized carbons (Fsp3) is 1.00. The molecule has 0 aromatic rings. The molecule has 0 heterocycles. The van der Waals surface area contributed by atoms with E-state index in [1.54, 1.807) is 0 Å². The van der Waals surface area contributed by atoms with Gasteiger partial charge in [0, 0.05) is 12.1 Å². The van der Waals surface area contributed by atoms with E-state index < -0.39 is 0 Å². The first-order valence-corrected chi connectivity index (χ1v) is 7.21. The highest BCUT2D eigenvalue weighted by atomic mass is 15.0. The molecule has 0 saturated heterocycles. The van der Waals surface area contributed by atoms with Crippen LogP contribution >= 0.6 is 0 Å². The normalized spacial score (nSPS) is 27.4. The lowest BCUT2D eigenvalue weighted by Gasteiger charge is -2.34. The Labute approximate surface area is 100 Å². The van der Waals surface area contributed by atoms with E-state index in [1.165, 1.54) is 57.9 Å². The van der Waals surface area contributed by atoms with Gasteiger partial charge in [0.2, 0.25) is 0 Å². The van der Waals surface area contributed by atoms with E-state index in [9.17, 15) is 0 Å². The molecule has 2 rings (SSSR count). The number of hydrogen-bond acceptors (Lipinski definition) is 2. The molecule has 1 unspecified atom stereocenters. The highest BCUT2D eigenvalue weighted by molar-refractivity contribution is 4.92. The molecule has 2 nitrogen and oxygen atoms in total. The van der Waals surface area contributed by atoms with E-state index in [2.05, 4.69) is 12.2 Å². The van der Waals surface area contributed by atoms with Gasteiger partial charge in [-0.1, -0.05) is 32.6 Å². The van der Waals surface area contributed by atoms with E-state index in [-0.39, 0.29) is 5.54 Å². The molecule has 16 heavy (non-hydrogen) atoms. The van der Waals surface area contributed by atoms with Crippen molar-refractivity contribution in [2.75, 3.05) is 13.1 Å². The van der Waals surface area contributed by atoms with E-state index >= 15 is 0 Å². The molecule has 2 aliphatic rings. The van der Waals surface area contributed by atoms with Gasteiger partial charge in [-0.05, 0) is 44.1 Å². The standard InChI is InChI=1S/C14H28N2/c1-12(13-6-7-13)10-16-14(11-15)8-4-2-3-5-9-14/h12-13,16H,2-11,15H2,1H3. The van der Waals surface area contributed by atoms with Gasteiger partial charge in [-0.3, -0.25) is 0 Å². The van der Waals surface area contributed by atoms with Crippen LogP contribution in [-0.2, 0) is 0 Å². The lowest BCUT2D eigenvalue weighted by atomic mass is 9.89. The number of hydrogen-bond donors (Lipinski definition) is 2. The topological polar surface area (TPSA) is 38.0 Å². The minimum Gasteiger partial charge on any atom is -0.329 e. The minimum absolute atomic E-state index is 0.277. The zero-order chi connectivity index (χ0) is 11.4. The molecule has 0 bridgehead atoms.